The monoisotopic (exact) mass is 451 g/mol. The summed E-state index contributed by atoms with van der Waals surface area (Å²) >= 11 is 0. The second-order valence-electron chi connectivity index (χ2n) is 8.61. The summed E-state index contributed by atoms with van der Waals surface area (Å²) in [5, 5.41) is 26.7. The van der Waals surface area contributed by atoms with Gasteiger partial charge in [0.05, 0.1) is 11.2 Å². The van der Waals surface area contributed by atoms with Crippen molar-refractivity contribution in [3.63, 3.8) is 0 Å². The number of rotatable bonds is 5. The lowest BCUT2D eigenvalue weighted by atomic mass is 9.98. The molecule has 0 saturated carbocycles. The van der Waals surface area contributed by atoms with E-state index in [1.54, 1.807) is 18.3 Å². The number of aryl methyl sites for hydroxylation is 1. The summed E-state index contributed by atoms with van der Waals surface area (Å²) in [5.74, 6) is -0.198. The molecule has 0 aliphatic heterocycles. The number of nitrogens with one attached hydrogen (secondary N) is 1. The molecule has 2 aromatic heterocycles. The molecule has 0 saturated heterocycles. The minimum absolute atomic E-state index is 0.0144. The van der Waals surface area contributed by atoms with E-state index >= 15 is 0 Å². The van der Waals surface area contributed by atoms with Crippen molar-refractivity contribution < 1.29 is 15.0 Å². The van der Waals surface area contributed by atoms with E-state index in [2.05, 4.69) is 10.3 Å². The molecular weight excluding hydrogens is 426 g/mol. The van der Waals surface area contributed by atoms with Crippen LogP contribution in [0.5, 0.6) is 11.8 Å². The smallest absolute Gasteiger partial charge is 0.256 e. The third kappa shape index (κ3) is 3.73. The highest BCUT2D eigenvalue weighted by Crippen LogP contribution is 2.39. The van der Waals surface area contributed by atoms with Crippen molar-refractivity contribution >= 4 is 33.3 Å². The molecule has 1 amide bonds. The largest absolute Gasteiger partial charge is 0.494 e. The Hall–Kier alpha value is -4.32. The average Bonchev–Trinajstić information content (AvgIpc) is 3.10. The maximum absolute atomic E-state index is 13.4. The summed E-state index contributed by atoms with van der Waals surface area (Å²) < 4.78 is 1.51. The Labute approximate surface area is 197 Å². The molecule has 5 rings (SSSR count). The number of amides is 1. The number of fused-ring (bicyclic) bond motifs is 2. The molecule has 0 aliphatic carbocycles. The lowest BCUT2D eigenvalue weighted by Gasteiger charge is -2.19. The lowest BCUT2D eigenvalue weighted by molar-refractivity contribution is 0.102. The number of carbonyl (C=O) groups is 1. The molecule has 34 heavy (non-hydrogen) atoms. The van der Waals surface area contributed by atoms with Crippen molar-refractivity contribution in [2.75, 3.05) is 5.32 Å². The van der Waals surface area contributed by atoms with E-state index in [4.69, 9.17) is 0 Å². The summed E-state index contributed by atoms with van der Waals surface area (Å²) in [5.41, 5.74) is 3.72. The number of nitrogens with zero attached hydrogens (tertiary/aromatic N) is 2. The molecule has 6 heteroatoms. The van der Waals surface area contributed by atoms with Crippen LogP contribution < -0.4 is 5.32 Å². The summed E-state index contributed by atoms with van der Waals surface area (Å²) in [6.07, 6.45) is 2.15. The van der Waals surface area contributed by atoms with Gasteiger partial charge in [-0.3, -0.25) is 14.3 Å². The SMILES string of the molecule is Cc1ccc(C[C@H](C)n2c(O)c3ccccc3c2O)c(C(=O)Nc2cccc3cccnc23)c1. The summed E-state index contributed by atoms with van der Waals surface area (Å²) in [6.45, 7) is 3.86. The van der Waals surface area contributed by atoms with E-state index in [1.165, 1.54) is 4.57 Å². The molecule has 0 aliphatic rings. The summed E-state index contributed by atoms with van der Waals surface area (Å²) in [7, 11) is 0. The Morgan fingerprint density at radius 1 is 0.971 bits per heavy atom. The summed E-state index contributed by atoms with van der Waals surface area (Å²) in [4.78, 5) is 17.8. The molecule has 0 unspecified atom stereocenters. The summed E-state index contributed by atoms with van der Waals surface area (Å²) in [6, 6.07) is 22.2. The molecule has 5 aromatic rings. The molecule has 3 aromatic carbocycles. The van der Waals surface area contributed by atoms with Gasteiger partial charge >= 0.3 is 0 Å². The Bertz CT molecular complexity index is 1490. The number of pyridine rings is 1. The molecule has 0 radical (unpaired) electrons. The van der Waals surface area contributed by atoms with Crippen molar-refractivity contribution in [3.8, 4) is 11.8 Å². The van der Waals surface area contributed by atoms with Crippen LogP contribution in [0.3, 0.4) is 0 Å². The van der Waals surface area contributed by atoms with Crippen LogP contribution in [0.4, 0.5) is 5.69 Å². The molecule has 6 nitrogen and oxygen atoms in total. The number of para-hydroxylation sites is 1. The first-order chi connectivity index (χ1) is 16.4. The average molecular weight is 452 g/mol. The number of hydrogen-bond donors (Lipinski definition) is 3. The van der Waals surface area contributed by atoms with Crippen molar-refractivity contribution in [2.24, 2.45) is 0 Å². The van der Waals surface area contributed by atoms with Crippen LogP contribution in [0.1, 0.15) is 34.5 Å². The minimum Gasteiger partial charge on any atom is -0.494 e. The Balaban J connectivity index is 1.48. The van der Waals surface area contributed by atoms with Crippen molar-refractivity contribution in [1.29, 1.82) is 0 Å². The van der Waals surface area contributed by atoms with Crippen LogP contribution in [-0.4, -0.2) is 25.7 Å². The molecule has 0 bridgehead atoms. The molecule has 170 valence electrons. The third-order valence-electron chi connectivity index (χ3n) is 6.21. The fourth-order valence-electron chi connectivity index (χ4n) is 4.53. The van der Waals surface area contributed by atoms with Gasteiger partial charge in [0.25, 0.3) is 5.91 Å². The maximum atomic E-state index is 13.4. The van der Waals surface area contributed by atoms with Gasteiger partial charge in [-0.2, -0.15) is 0 Å². The van der Waals surface area contributed by atoms with Gasteiger partial charge in [-0.25, -0.2) is 0 Å². The number of hydrogen-bond acceptors (Lipinski definition) is 4. The quantitative estimate of drug-likeness (QED) is 0.307. The number of aromatic hydroxyl groups is 2. The topological polar surface area (TPSA) is 87.4 Å². The van der Waals surface area contributed by atoms with E-state index < -0.39 is 0 Å². The van der Waals surface area contributed by atoms with E-state index in [0.717, 1.165) is 22.0 Å². The number of carbonyl (C=O) groups excluding carboxylic acids is 1. The van der Waals surface area contributed by atoms with Crippen molar-refractivity contribution in [2.45, 2.75) is 26.3 Å². The zero-order valence-electron chi connectivity index (χ0n) is 19.0. The van der Waals surface area contributed by atoms with Crippen LogP contribution in [0, 0.1) is 6.92 Å². The van der Waals surface area contributed by atoms with E-state index in [9.17, 15) is 15.0 Å². The van der Waals surface area contributed by atoms with Gasteiger partial charge in [-0.15, -0.1) is 0 Å². The predicted molar refractivity (Wildman–Crippen MR) is 135 cm³/mol. The lowest BCUT2D eigenvalue weighted by Crippen LogP contribution is -2.17. The van der Waals surface area contributed by atoms with Crippen molar-refractivity contribution in [1.82, 2.24) is 9.55 Å². The highest BCUT2D eigenvalue weighted by atomic mass is 16.3. The molecule has 1 atom stereocenters. The van der Waals surface area contributed by atoms with Crippen LogP contribution >= 0.6 is 0 Å². The van der Waals surface area contributed by atoms with Gasteiger partial charge < -0.3 is 15.5 Å². The normalized spacial score (nSPS) is 12.2. The highest BCUT2D eigenvalue weighted by molar-refractivity contribution is 6.09. The Morgan fingerprint density at radius 3 is 2.41 bits per heavy atom. The minimum atomic E-state index is -0.291. The van der Waals surface area contributed by atoms with E-state index in [-0.39, 0.29) is 23.7 Å². The Morgan fingerprint density at radius 2 is 1.68 bits per heavy atom. The molecular formula is C28H25N3O3. The first kappa shape index (κ1) is 21.5. The molecule has 3 N–H and O–H groups in total. The molecule has 2 heterocycles. The highest BCUT2D eigenvalue weighted by Gasteiger charge is 2.22. The van der Waals surface area contributed by atoms with Gasteiger partial charge in [0, 0.05) is 34.0 Å². The van der Waals surface area contributed by atoms with Gasteiger partial charge in [0.2, 0.25) is 11.8 Å². The zero-order chi connectivity index (χ0) is 23.8. The first-order valence-electron chi connectivity index (χ1n) is 11.2. The van der Waals surface area contributed by atoms with Crippen LogP contribution in [0.2, 0.25) is 0 Å². The molecule has 0 spiro atoms. The first-order valence-corrected chi connectivity index (χ1v) is 11.2. The van der Waals surface area contributed by atoms with Gasteiger partial charge in [0.1, 0.15) is 0 Å². The van der Waals surface area contributed by atoms with Gasteiger partial charge in [-0.05, 0) is 56.2 Å². The fraction of sp³-hybridized carbons (Fsp3) is 0.143. The third-order valence-corrected chi connectivity index (χ3v) is 6.21. The second-order valence-corrected chi connectivity index (χ2v) is 8.61. The van der Waals surface area contributed by atoms with E-state index in [0.29, 0.717) is 28.4 Å². The number of benzene rings is 3. The van der Waals surface area contributed by atoms with Gasteiger partial charge in [-0.1, -0.05) is 48.0 Å². The zero-order valence-corrected chi connectivity index (χ0v) is 19.0. The Kier molecular flexibility index (Phi) is 5.42. The van der Waals surface area contributed by atoms with E-state index in [1.807, 2.05) is 74.5 Å². The molecule has 0 fully saturated rings. The fourth-order valence-corrected chi connectivity index (χ4v) is 4.53. The standard InChI is InChI=1S/C28H25N3O3/c1-17-12-13-20(16-18(2)31-27(33)21-9-3-4-10-22(21)28(31)34)23(15-17)26(32)30-24-11-5-7-19-8-6-14-29-25(19)24/h3-15,18,33-34H,16H2,1-2H3,(H,30,32)/t18-/m0/s1. The second kappa shape index (κ2) is 8.56. The van der Waals surface area contributed by atoms with Crippen LogP contribution in [0.25, 0.3) is 21.7 Å². The number of anilines is 1. The van der Waals surface area contributed by atoms with Gasteiger partial charge in [0.15, 0.2) is 0 Å². The van der Waals surface area contributed by atoms with Crippen molar-refractivity contribution in [3.05, 3.63) is 95.7 Å². The van der Waals surface area contributed by atoms with Crippen LogP contribution in [-0.2, 0) is 6.42 Å². The number of aromatic nitrogens is 2. The maximum Gasteiger partial charge on any atom is 0.256 e. The predicted octanol–water partition coefficient (Wildman–Crippen LogP) is 5.97. The van der Waals surface area contributed by atoms with Crippen LogP contribution in [0.15, 0.2) is 79.0 Å².